The smallest absolute Gasteiger partial charge is 0.207 e. The van der Waals surface area contributed by atoms with Gasteiger partial charge in [-0.3, -0.25) is 15.0 Å². The minimum atomic E-state index is -3.40. The van der Waals surface area contributed by atoms with Gasteiger partial charge in [0.1, 0.15) is 0 Å². The lowest BCUT2D eigenvalue weighted by Gasteiger charge is -2.12. The van der Waals surface area contributed by atoms with Gasteiger partial charge in [-0.2, -0.15) is 0 Å². The van der Waals surface area contributed by atoms with Crippen LogP contribution in [0.2, 0.25) is 5.02 Å². The lowest BCUT2D eigenvalue weighted by molar-refractivity contribution is 0.601. The summed E-state index contributed by atoms with van der Waals surface area (Å²) in [5, 5.41) is 10.4. The van der Waals surface area contributed by atoms with Gasteiger partial charge < -0.3 is 4.57 Å². The van der Waals surface area contributed by atoms with E-state index in [-0.39, 0.29) is 10.5 Å². The molecule has 2 aromatic heterocycles. The van der Waals surface area contributed by atoms with E-state index in [0.29, 0.717) is 10.7 Å². The van der Waals surface area contributed by atoms with Gasteiger partial charge in [-0.1, -0.05) is 35.9 Å². The highest BCUT2D eigenvalue weighted by molar-refractivity contribution is 7.90. The summed E-state index contributed by atoms with van der Waals surface area (Å²) < 4.78 is 28.0. The molecule has 0 unspecified atom stereocenters. The van der Waals surface area contributed by atoms with Crippen molar-refractivity contribution in [2.75, 3.05) is 6.26 Å². The molecule has 6 nitrogen and oxygen atoms in total. The molecule has 0 spiro atoms. The van der Waals surface area contributed by atoms with Crippen LogP contribution in [0.5, 0.6) is 0 Å². The Morgan fingerprint density at radius 3 is 2.36 bits per heavy atom. The maximum Gasteiger partial charge on any atom is 0.207 e. The van der Waals surface area contributed by atoms with Crippen molar-refractivity contribution < 1.29 is 8.42 Å². The molecule has 5 aromatic rings. The van der Waals surface area contributed by atoms with Crippen LogP contribution in [0.4, 0.5) is 0 Å². The predicted molar refractivity (Wildman–Crippen MR) is 132 cm³/mol. The molecule has 5 rings (SSSR count). The zero-order valence-electron chi connectivity index (χ0n) is 18.3. The van der Waals surface area contributed by atoms with E-state index in [2.05, 4.69) is 11.1 Å². The number of aromatic nitrogens is 3. The molecule has 8 heteroatoms. The minimum absolute atomic E-state index is 0.215. The van der Waals surface area contributed by atoms with E-state index in [1.165, 1.54) is 6.26 Å². The minimum Gasteiger partial charge on any atom is -0.312 e. The van der Waals surface area contributed by atoms with Crippen LogP contribution < -0.4 is 5.62 Å². The molecule has 166 valence electrons. The molecule has 0 saturated heterocycles. The summed E-state index contributed by atoms with van der Waals surface area (Å²) >= 11 is 6.06. The third kappa shape index (κ3) is 3.53. The van der Waals surface area contributed by atoms with Gasteiger partial charge in [0.15, 0.2) is 9.84 Å². The largest absolute Gasteiger partial charge is 0.312 e. The Morgan fingerprint density at radius 1 is 0.970 bits per heavy atom. The van der Waals surface area contributed by atoms with Crippen LogP contribution in [0.1, 0.15) is 5.56 Å². The summed E-state index contributed by atoms with van der Waals surface area (Å²) in [6.45, 7) is 1.91. The van der Waals surface area contributed by atoms with Crippen LogP contribution in [0, 0.1) is 12.3 Å². The van der Waals surface area contributed by atoms with E-state index >= 15 is 0 Å². The quantitative estimate of drug-likeness (QED) is 0.396. The molecule has 0 aliphatic carbocycles. The second-order valence-electron chi connectivity index (χ2n) is 8.17. The summed E-state index contributed by atoms with van der Waals surface area (Å²) in [5.74, 6) is 0. The Morgan fingerprint density at radius 2 is 1.67 bits per heavy atom. The molecule has 0 amide bonds. The molecule has 0 radical (unpaired) electrons. The number of pyridine rings is 1. The molecule has 2 heterocycles. The van der Waals surface area contributed by atoms with Crippen molar-refractivity contribution in [3.63, 3.8) is 0 Å². The molecule has 0 bridgehead atoms. The van der Waals surface area contributed by atoms with Crippen LogP contribution in [0.3, 0.4) is 0 Å². The Balaban J connectivity index is 1.89. The van der Waals surface area contributed by atoms with Crippen molar-refractivity contribution in [1.29, 1.82) is 5.41 Å². The van der Waals surface area contributed by atoms with Gasteiger partial charge in [-0.05, 0) is 60.0 Å². The number of halogens is 1. The monoisotopic (exact) mass is 476 g/mol. The molecule has 0 atom stereocenters. The molecule has 0 saturated carbocycles. The first-order valence-corrected chi connectivity index (χ1v) is 12.5. The van der Waals surface area contributed by atoms with Gasteiger partial charge in [0.25, 0.3) is 0 Å². The molecule has 33 heavy (non-hydrogen) atoms. The van der Waals surface area contributed by atoms with Crippen LogP contribution in [0.15, 0.2) is 71.8 Å². The van der Waals surface area contributed by atoms with Crippen molar-refractivity contribution in [3.05, 3.63) is 83.1 Å². The van der Waals surface area contributed by atoms with Crippen molar-refractivity contribution in [3.8, 4) is 16.8 Å². The van der Waals surface area contributed by atoms with Gasteiger partial charge in [-0.25, -0.2) is 8.42 Å². The molecule has 3 aromatic carbocycles. The summed E-state index contributed by atoms with van der Waals surface area (Å²) in [7, 11) is -1.59. The molecule has 1 N–H and O–H groups in total. The van der Waals surface area contributed by atoms with Gasteiger partial charge in [0.05, 0.1) is 33.3 Å². The van der Waals surface area contributed by atoms with Crippen LogP contribution in [-0.4, -0.2) is 28.8 Å². The first-order valence-electron chi connectivity index (χ1n) is 10.3. The molecule has 0 aliphatic heterocycles. The Bertz CT molecular complexity index is 1730. The number of hydrogen-bond donors (Lipinski definition) is 1. The van der Waals surface area contributed by atoms with E-state index in [1.54, 1.807) is 33.5 Å². The molecule has 0 fully saturated rings. The van der Waals surface area contributed by atoms with E-state index in [1.807, 2.05) is 50.4 Å². The fraction of sp³-hybridized carbons (Fsp3) is 0.120. The number of sulfone groups is 1. The van der Waals surface area contributed by atoms with Gasteiger partial charge in [-0.15, -0.1) is 0 Å². The lowest BCUT2D eigenvalue weighted by Crippen LogP contribution is -2.22. The van der Waals surface area contributed by atoms with E-state index in [0.717, 1.165) is 38.6 Å². The van der Waals surface area contributed by atoms with Crippen molar-refractivity contribution in [2.45, 2.75) is 11.8 Å². The SMILES string of the molecule is Cc1ccc(S(C)(=O)=O)cc1-n1c(=N)n(C)c2cnc3ccc(-c4ccc(Cl)cc4)cc3c21. The average Bonchev–Trinajstić information content (AvgIpc) is 3.04. The maximum atomic E-state index is 12.2. The molecular formula is C25H21ClN4O2S. The number of imidazole rings is 1. The van der Waals surface area contributed by atoms with E-state index in [9.17, 15) is 8.42 Å². The van der Waals surface area contributed by atoms with Gasteiger partial charge >= 0.3 is 0 Å². The Labute approximate surface area is 196 Å². The molecular weight excluding hydrogens is 456 g/mol. The van der Waals surface area contributed by atoms with Crippen molar-refractivity contribution >= 4 is 43.4 Å². The third-order valence-corrected chi connectivity index (χ3v) is 7.32. The maximum absolute atomic E-state index is 12.2. The summed E-state index contributed by atoms with van der Waals surface area (Å²) in [5.41, 5.74) is 6.13. The van der Waals surface area contributed by atoms with Crippen LogP contribution in [0.25, 0.3) is 38.8 Å². The standard InChI is InChI=1S/C25H21ClN4O2S/c1-15-4-10-19(33(3,31)32)13-22(15)30-24-20-12-17(16-5-8-18(26)9-6-16)7-11-21(20)28-14-23(24)29(2)25(30)27/h4-14,27H,1-3H3. The highest BCUT2D eigenvalue weighted by Gasteiger charge is 2.18. The van der Waals surface area contributed by atoms with Crippen LogP contribution in [-0.2, 0) is 16.9 Å². The Kier molecular flexibility index (Phi) is 4.92. The first kappa shape index (κ1) is 21.4. The second-order valence-corrected chi connectivity index (χ2v) is 10.6. The zero-order valence-corrected chi connectivity index (χ0v) is 19.9. The first-order chi connectivity index (χ1) is 15.6. The highest BCUT2D eigenvalue weighted by Crippen LogP contribution is 2.31. The van der Waals surface area contributed by atoms with E-state index in [4.69, 9.17) is 17.0 Å². The highest BCUT2D eigenvalue weighted by atomic mass is 35.5. The van der Waals surface area contributed by atoms with Gasteiger partial charge in [0, 0.05) is 23.7 Å². The third-order valence-electron chi connectivity index (χ3n) is 5.96. The van der Waals surface area contributed by atoms with Crippen molar-refractivity contribution in [1.82, 2.24) is 14.1 Å². The number of rotatable bonds is 3. The van der Waals surface area contributed by atoms with Crippen molar-refractivity contribution in [2.24, 2.45) is 7.05 Å². The number of aryl methyl sites for hydroxylation is 2. The normalized spacial score (nSPS) is 12.0. The number of nitrogens with zero attached hydrogens (tertiary/aromatic N) is 3. The lowest BCUT2D eigenvalue weighted by atomic mass is 10.0. The molecule has 0 aliphatic rings. The average molecular weight is 477 g/mol. The van der Waals surface area contributed by atoms with E-state index < -0.39 is 9.84 Å². The van der Waals surface area contributed by atoms with Crippen LogP contribution >= 0.6 is 11.6 Å². The topological polar surface area (TPSA) is 80.7 Å². The summed E-state index contributed by atoms with van der Waals surface area (Å²) in [4.78, 5) is 4.83. The number of benzene rings is 3. The number of hydrogen-bond acceptors (Lipinski definition) is 4. The second kappa shape index (κ2) is 7.57. The number of fused-ring (bicyclic) bond motifs is 3. The predicted octanol–water partition coefficient (Wildman–Crippen LogP) is 5.03. The summed E-state index contributed by atoms with van der Waals surface area (Å²) in [6, 6.07) is 18.7. The fourth-order valence-electron chi connectivity index (χ4n) is 4.14. The Hall–Kier alpha value is -3.42. The summed E-state index contributed by atoms with van der Waals surface area (Å²) in [6.07, 6.45) is 2.94. The zero-order chi connectivity index (χ0) is 23.5. The van der Waals surface area contributed by atoms with Gasteiger partial charge in [0.2, 0.25) is 5.62 Å². The number of nitrogens with one attached hydrogen (secondary N) is 1. The fourth-order valence-corrected chi connectivity index (χ4v) is 4.90.